The predicted molar refractivity (Wildman–Crippen MR) is 63.9 cm³/mol. The summed E-state index contributed by atoms with van der Waals surface area (Å²) in [6.45, 7) is 4.64. The summed E-state index contributed by atoms with van der Waals surface area (Å²) in [6.07, 6.45) is 1.82. The van der Waals surface area contributed by atoms with Crippen LogP contribution in [0.15, 0.2) is 0 Å². The van der Waals surface area contributed by atoms with Crippen molar-refractivity contribution in [3.05, 3.63) is 0 Å². The summed E-state index contributed by atoms with van der Waals surface area (Å²) in [5.74, 6) is 0.167. The van der Waals surface area contributed by atoms with E-state index < -0.39 is 10.0 Å². The molecule has 0 aromatic rings. The molecule has 1 aliphatic rings. The molecule has 5 nitrogen and oxygen atoms in total. The predicted octanol–water partition coefficient (Wildman–Crippen LogP) is 0.0365. The van der Waals surface area contributed by atoms with Gasteiger partial charge in [0.05, 0.1) is 18.4 Å². The van der Waals surface area contributed by atoms with Gasteiger partial charge in [0.1, 0.15) is 0 Å². The largest absolute Gasteiger partial charge is 0.380 e. The van der Waals surface area contributed by atoms with Gasteiger partial charge in [0.2, 0.25) is 10.0 Å². The van der Waals surface area contributed by atoms with Crippen LogP contribution in [0, 0.1) is 0 Å². The number of nitrogens with one attached hydrogen (secondary N) is 1. The molecule has 16 heavy (non-hydrogen) atoms. The lowest BCUT2D eigenvalue weighted by Crippen LogP contribution is -2.40. The average Bonchev–Trinajstić information content (AvgIpc) is 2.76. The summed E-state index contributed by atoms with van der Waals surface area (Å²) in [7, 11) is -1.49. The number of sulfonamides is 1. The molecule has 1 aliphatic heterocycles. The maximum absolute atomic E-state index is 11.9. The fourth-order valence-electron chi connectivity index (χ4n) is 1.68. The highest BCUT2D eigenvalue weighted by molar-refractivity contribution is 7.89. The van der Waals surface area contributed by atoms with Crippen LogP contribution in [0.4, 0.5) is 0 Å². The highest BCUT2D eigenvalue weighted by Crippen LogP contribution is 2.14. The Kier molecular flexibility index (Phi) is 5.68. The van der Waals surface area contributed by atoms with Gasteiger partial charge in [0, 0.05) is 20.2 Å². The third-order valence-electron chi connectivity index (χ3n) is 2.82. The molecule has 0 spiro atoms. The molecule has 0 aromatic heterocycles. The van der Waals surface area contributed by atoms with E-state index in [1.54, 1.807) is 7.05 Å². The lowest BCUT2D eigenvalue weighted by atomic mass is 10.3. The Morgan fingerprint density at radius 1 is 1.44 bits per heavy atom. The van der Waals surface area contributed by atoms with E-state index in [0.717, 1.165) is 19.4 Å². The van der Waals surface area contributed by atoms with E-state index in [1.165, 1.54) is 4.31 Å². The standard InChI is InChI=1S/C10H22N2O3S/c1-3-5-11-6-8-16(13,14)12(2)10-4-7-15-9-10/h10-11H,3-9H2,1-2H3. The van der Waals surface area contributed by atoms with Crippen molar-refractivity contribution in [1.82, 2.24) is 9.62 Å². The van der Waals surface area contributed by atoms with Gasteiger partial charge in [-0.2, -0.15) is 4.31 Å². The minimum absolute atomic E-state index is 0.0242. The Bertz CT molecular complexity index is 286. The van der Waals surface area contributed by atoms with E-state index in [0.29, 0.717) is 19.8 Å². The molecule has 1 unspecified atom stereocenters. The number of rotatable bonds is 7. The molecule has 0 aliphatic carbocycles. The van der Waals surface area contributed by atoms with E-state index in [1.807, 2.05) is 0 Å². The zero-order valence-electron chi connectivity index (χ0n) is 10.1. The zero-order valence-corrected chi connectivity index (χ0v) is 10.9. The van der Waals surface area contributed by atoms with E-state index in [-0.39, 0.29) is 11.8 Å². The molecule has 96 valence electrons. The van der Waals surface area contributed by atoms with Crippen LogP contribution in [0.3, 0.4) is 0 Å². The normalized spacial score (nSPS) is 21.8. The quantitative estimate of drug-likeness (QED) is 0.648. The van der Waals surface area contributed by atoms with Crippen molar-refractivity contribution in [1.29, 1.82) is 0 Å². The Hall–Kier alpha value is -0.170. The first kappa shape index (κ1) is 13.9. The number of likely N-dealkylation sites (N-methyl/N-ethyl adjacent to an activating group) is 1. The first-order valence-corrected chi connectivity index (χ1v) is 7.43. The second-order valence-electron chi connectivity index (χ2n) is 4.10. The lowest BCUT2D eigenvalue weighted by Gasteiger charge is -2.22. The summed E-state index contributed by atoms with van der Waals surface area (Å²) in [5, 5.41) is 3.10. The van der Waals surface area contributed by atoms with Gasteiger partial charge in [0.15, 0.2) is 0 Å². The molecule has 1 fully saturated rings. The SMILES string of the molecule is CCCNCCS(=O)(=O)N(C)C1CCOC1. The van der Waals surface area contributed by atoms with E-state index in [2.05, 4.69) is 12.2 Å². The number of ether oxygens (including phenoxy) is 1. The fraction of sp³-hybridized carbons (Fsp3) is 1.00. The summed E-state index contributed by atoms with van der Waals surface area (Å²) in [5.41, 5.74) is 0. The van der Waals surface area contributed by atoms with E-state index >= 15 is 0 Å². The van der Waals surface area contributed by atoms with Gasteiger partial charge in [-0.05, 0) is 19.4 Å². The van der Waals surface area contributed by atoms with Crippen molar-refractivity contribution in [2.45, 2.75) is 25.8 Å². The Labute approximate surface area is 98.2 Å². The summed E-state index contributed by atoms with van der Waals surface area (Å²) >= 11 is 0. The molecule has 1 saturated heterocycles. The van der Waals surface area contributed by atoms with Crippen LogP contribution in [0.25, 0.3) is 0 Å². The Morgan fingerprint density at radius 3 is 2.75 bits per heavy atom. The second-order valence-corrected chi connectivity index (χ2v) is 6.25. The van der Waals surface area contributed by atoms with Crippen LogP contribution in [-0.4, -0.2) is 57.9 Å². The first-order chi connectivity index (χ1) is 7.58. The van der Waals surface area contributed by atoms with Gasteiger partial charge in [-0.25, -0.2) is 8.42 Å². The van der Waals surface area contributed by atoms with Crippen molar-refractivity contribution >= 4 is 10.0 Å². The van der Waals surface area contributed by atoms with E-state index in [9.17, 15) is 8.42 Å². The molecule has 0 amide bonds. The lowest BCUT2D eigenvalue weighted by molar-refractivity contribution is 0.181. The molecule has 0 aromatic carbocycles. The molecule has 1 rings (SSSR count). The number of hydrogen-bond acceptors (Lipinski definition) is 4. The molecule has 1 atom stereocenters. The monoisotopic (exact) mass is 250 g/mol. The third-order valence-corrected chi connectivity index (χ3v) is 4.72. The highest BCUT2D eigenvalue weighted by Gasteiger charge is 2.28. The Morgan fingerprint density at radius 2 is 2.19 bits per heavy atom. The Balaban J connectivity index is 2.36. The summed E-state index contributed by atoms with van der Waals surface area (Å²) in [6, 6.07) is 0.0242. The molecular formula is C10H22N2O3S. The fourth-order valence-corrected chi connectivity index (χ4v) is 2.99. The average molecular weight is 250 g/mol. The second kappa shape index (κ2) is 6.54. The zero-order chi connectivity index (χ0) is 12.0. The number of hydrogen-bond donors (Lipinski definition) is 1. The van der Waals surface area contributed by atoms with Gasteiger partial charge in [-0.1, -0.05) is 6.92 Å². The summed E-state index contributed by atoms with van der Waals surface area (Å²) in [4.78, 5) is 0. The molecule has 1 N–H and O–H groups in total. The molecule has 0 saturated carbocycles. The van der Waals surface area contributed by atoms with Crippen molar-refractivity contribution in [3.63, 3.8) is 0 Å². The maximum atomic E-state index is 11.9. The van der Waals surface area contributed by atoms with Gasteiger partial charge in [0.25, 0.3) is 0 Å². The maximum Gasteiger partial charge on any atom is 0.215 e. The van der Waals surface area contributed by atoms with Crippen LogP contribution in [0.1, 0.15) is 19.8 Å². The topological polar surface area (TPSA) is 58.6 Å². The van der Waals surface area contributed by atoms with Gasteiger partial charge in [-0.3, -0.25) is 0 Å². The van der Waals surface area contributed by atoms with Crippen LogP contribution < -0.4 is 5.32 Å². The minimum Gasteiger partial charge on any atom is -0.380 e. The van der Waals surface area contributed by atoms with Crippen molar-refractivity contribution in [2.24, 2.45) is 0 Å². The van der Waals surface area contributed by atoms with Crippen LogP contribution in [0.5, 0.6) is 0 Å². The van der Waals surface area contributed by atoms with Crippen molar-refractivity contribution in [2.75, 3.05) is 39.1 Å². The highest BCUT2D eigenvalue weighted by atomic mass is 32.2. The molecular weight excluding hydrogens is 228 g/mol. The molecule has 1 heterocycles. The molecule has 6 heteroatoms. The first-order valence-electron chi connectivity index (χ1n) is 5.82. The third kappa shape index (κ3) is 4.01. The van der Waals surface area contributed by atoms with Crippen LogP contribution in [0.2, 0.25) is 0 Å². The summed E-state index contributed by atoms with van der Waals surface area (Å²) < 4.78 is 30.5. The van der Waals surface area contributed by atoms with Gasteiger partial charge >= 0.3 is 0 Å². The number of nitrogens with zero attached hydrogens (tertiary/aromatic N) is 1. The van der Waals surface area contributed by atoms with Crippen LogP contribution in [-0.2, 0) is 14.8 Å². The smallest absolute Gasteiger partial charge is 0.215 e. The minimum atomic E-state index is -3.13. The van der Waals surface area contributed by atoms with Crippen molar-refractivity contribution < 1.29 is 13.2 Å². The van der Waals surface area contributed by atoms with Crippen molar-refractivity contribution in [3.8, 4) is 0 Å². The van der Waals surface area contributed by atoms with Gasteiger partial charge < -0.3 is 10.1 Å². The van der Waals surface area contributed by atoms with Gasteiger partial charge in [-0.15, -0.1) is 0 Å². The van der Waals surface area contributed by atoms with Crippen LogP contribution >= 0.6 is 0 Å². The molecule has 0 bridgehead atoms. The molecule has 0 radical (unpaired) electrons. The van der Waals surface area contributed by atoms with E-state index in [4.69, 9.17) is 4.74 Å².